The van der Waals surface area contributed by atoms with Crippen LogP contribution in [0.5, 0.6) is 5.75 Å². The Morgan fingerprint density at radius 3 is 2.49 bits per heavy atom. The van der Waals surface area contributed by atoms with E-state index >= 15 is 0 Å². The van der Waals surface area contributed by atoms with Crippen LogP contribution in [0.4, 0.5) is 4.39 Å². The molecule has 5 rings (SSSR count). The summed E-state index contributed by atoms with van der Waals surface area (Å²) in [5, 5.41) is 0.870. The molecule has 4 aromatic rings. The Labute approximate surface area is 227 Å². The minimum absolute atomic E-state index is 0.00353. The average molecular weight is 545 g/mol. The molecule has 1 aliphatic rings. The summed E-state index contributed by atoms with van der Waals surface area (Å²) in [4.78, 5) is 44.6. The van der Waals surface area contributed by atoms with Gasteiger partial charge in [0.15, 0.2) is 5.84 Å². The monoisotopic (exact) mass is 544 g/mol. The van der Waals surface area contributed by atoms with Crippen molar-refractivity contribution in [1.29, 1.82) is 0 Å². The van der Waals surface area contributed by atoms with Gasteiger partial charge < -0.3 is 9.30 Å². The van der Waals surface area contributed by atoms with E-state index < -0.39 is 23.1 Å². The van der Waals surface area contributed by atoms with Gasteiger partial charge in [0.05, 0.1) is 17.6 Å². The van der Waals surface area contributed by atoms with Crippen LogP contribution in [0.1, 0.15) is 28.4 Å². The smallest absolute Gasteiger partial charge is 0.297 e. The summed E-state index contributed by atoms with van der Waals surface area (Å²) in [5.74, 6) is -1.37. The predicted octanol–water partition coefficient (Wildman–Crippen LogP) is 4.80. The van der Waals surface area contributed by atoms with Crippen LogP contribution in [0.3, 0.4) is 0 Å². The Kier molecular flexibility index (Phi) is 7.00. The van der Waals surface area contributed by atoms with Gasteiger partial charge in [-0.05, 0) is 42.8 Å². The Morgan fingerprint density at radius 2 is 1.82 bits per heavy atom. The number of methoxy groups -OCH3 is 1. The summed E-state index contributed by atoms with van der Waals surface area (Å²) in [6.45, 7) is 2.19. The number of carbonyl (C=O) groups excluding carboxylic acids is 2. The van der Waals surface area contributed by atoms with E-state index in [1.54, 1.807) is 66.3 Å². The van der Waals surface area contributed by atoms with Crippen LogP contribution >= 0.6 is 11.6 Å². The highest BCUT2D eigenvalue weighted by Gasteiger charge is 2.33. The molecule has 2 heterocycles. The number of ether oxygens (including phenoxy) is 1. The molecule has 0 atom stereocenters. The maximum atomic E-state index is 14.2. The molecule has 2 amide bonds. The quantitative estimate of drug-likeness (QED) is 0.353. The van der Waals surface area contributed by atoms with Gasteiger partial charge in [-0.3, -0.25) is 19.8 Å². The van der Waals surface area contributed by atoms with Crippen LogP contribution in [0.15, 0.2) is 88.4 Å². The minimum Gasteiger partial charge on any atom is -0.497 e. The van der Waals surface area contributed by atoms with Crippen molar-refractivity contribution in [3.63, 3.8) is 0 Å². The molecule has 0 aliphatic carbocycles. The highest BCUT2D eigenvalue weighted by atomic mass is 35.5. The topological polar surface area (TPSA) is 93.0 Å². The number of benzene rings is 3. The summed E-state index contributed by atoms with van der Waals surface area (Å²) >= 11 is 5.92. The average Bonchev–Trinajstić information content (AvgIpc) is 3.25. The Hall–Kier alpha value is -4.76. The van der Waals surface area contributed by atoms with Gasteiger partial charge in [-0.2, -0.15) is 5.01 Å². The SMILES string of the molecule is CCn1cc(C(=O)NN2C(=O)C(=Cc3ccc(OC)cc3)N=C2c2ccccc2)c(=O)c2cc(F)c(Cl)cc21. The predicted molar refractivity (Wildman–Crippen MR) is 147 cm³/mol. The van der Waals surface area contributed by atoms with Crippen LogP contribution < -0.4 is 15.6 Å². The summed E-state index contributed by atoms with van der Waals surface area (Å²) in [6.07, 6.45) is 2.95. The standard InChI is InChI=1S/C29H22ClFN4O4/c1-3-34-16-21(26(36)20-14-23(31)22(30)15-25(20)34)28(37)33-35-27(18-7-5-4-6-8-18)32-24(29(35)38)13-17-9-11-19(39-2)12-10-17/h4-16H,3H2,1-2H3,(H,33,37). The van der Waals surface area contributed by atoms with Crippen LogP contribution in [-0.2, 0) is 11.3 Å². The van der Waals surface area contributed by atoms with Crippen LogP contribution in [-0.4, -0.2) is 34.3 Å². The largest absolute Gasteiger partial charge is 0.497 e. The number of aliphatic imine (C=N–C) groups is 1. The number of hydrogen-bond donors (Lipinski definition) is 1. The molecular formula is C29H22ClFN4O4. The van der Waals surface area contributed by atoms with Crippen LogP contribution in [0.2, 0.25) is 5.02 Å². The fourth-order valence-electron chi connectivity index (χ4n) is 4.23. The number of pyridine rings is 1. The number of nitrogens with zero attached hydrogens (tertiary/aromatic N) is 3. The van der Waals surface area contributed by atoms with Gasteiger partial charge in [0.2, 0.25) is 5.43 Å². The van der Waals surface area contributed by atoms with Crippen LogP contribution in [0.25, 0.3) is 17.0 Å². The number of aryl methyl sites for hydroxylation is 1. The van der Waals surface area contributed by atoms with E-state index in [0.717, 1.165) is 11.1 Å². The maximum Gasteiger partial charge on any atom is 0.297 e. The van der Waals surface area contributed by atoms with E-state index in [9.17, 15) is 18.8 Å². The second kappa shape index (κ2) is 10.5. The molecule has 0 saturated carbocycles. The van der Waals surface area contributed by atoms with E-state index in [1.165, 1.54) is 12.3 Å². The molecule has 0 radical (unpaired) electrons. The zero-order valence-electron chi connectivity index (χ0n) is 20.9. The first-order valence-electron chi connectivity index (χ1n) is 12.0. The van der Waals surface area contributed by atoms with E-state index in [-0.39, 0.29) is 27.5 Å². The first kappa shape index (κ1) is 25.9. The van der Waals surface area contributed by atoms with Gasteiger partial charge >= 0.3 is 0 Å². The lowest BCUT2D eigenvalue weighted by Gasteiger charge is -2.20. The number of amides is 2. The maximum absolute atomic E-state index is 14.2. The number of fused-ring (bicyclic) bond motifs is 1. The zero-order valence-corrected chi connectivity index (χ0v) is 21.7. The van der Waals surface area contributed by atoms with E-state index in [1.807, 2.05) is 13.0 Å². The van der Waals surface area contributed by atoms with Gasteiger partial charge in [0.25, 0.3) is 11.8 Å². The lowest BCUT2D eigenvalue weighted by Crippen LogP contribution is -2.48. The number of hydrazine groups is 1. The summed E-state index contributed by atoms with van der Waals surface area (Å²) in [6, 6.07) is 18.2. The molecule has 0 saturated heterocycles. The van der Waals surface area contributed by atoms with Gasteiger partial charge in [0, 0.05) is 23.7 Å². The Bertz CT molecular complexity index is 1730. The third-order valence-corrected chi connectivity index (χ3v) is 6.52. The fourth-order valence-corrected chi connectivity index (χ4v) is 4.39. The molecule has 0 fully saturated rings. The van der Waals surface area contributed by atoms with Crippen molar-refractivity contribution in [2.75, 3.05) is 7.11 Å². The zero-order chi connectivity index (χ0) is 27.7. The van der Waals surface area contributed by atoms with E-state index in [4.69, 9.17) is 16.3 Å². The number of rotatable bonds is 6. The number of carbonyl (C=O) groups is 2. The third kappa shape index (κ3) is 4.92. The fraction of sp³-hybridized carbons (Fsp3) is 0.103. The second-order valence-electron chi connectivity index (χ2n) is 8.63. The number of aromatic nitrogens is 1. The van der Waals surface area contributed by atoms with Gasteiger partial charge in [-0.15, -0.1) is 0 Å². The normalized spacial score (nSPS) is 14.2. The summed E-state index contributed by atoms with van der Waals surface area (Å²) in [7, 11) is 1.56. The molecule has 0 spiro atoms. The lowest BCUT2D eigenvalue weighted by atomic mass is 10.1. The highest BCUT2D eigenvalue weighted by Crippen LogP contribution is 2.24. The van der Waals surface area contributed by atoms with Crippen molar-refractivity contribution in [2.24, 2.45) is 4.99 Å². The Balaban J connectivity index is 1.54. The molecule has 1 aliphatic heterocycles. The second-order valence-corrected chi connectivity index (χ2v) is 9.03. The molecule has 1 aromatic heterocycles. The lowest BCUT2D eigenvalue weighted by molar-refractivity contribution is -0.124. The van der Waals surface area contributed by atoms with Crippen molar-refractivity contribution in [2.45, 2.75) is 13.5 Å². The molecule has 196 valence electrons. The molecule has 39 heavy (non-hydrogen) atoms. The number of amidine groups is 1. The van der Waals surface area contributed by atoms with Crippen molar-refractivity contribution in [3.05, 3.63) is 116 Å². The molecule has 8 nitrogen and oxygen atoms in total. The molecular weight excluding hydrogens is 523 g/mol. The van der Waals surface area contributed by atoms with Crippen molar-refractivity contribution in [1.82, 2.24) is 15.0 Å². The number of hydrogen-bond acceptors (Lipinski definition) is 5. The number of halogens is 2. The highest BCUT2D eigenvalue weighted by molar-refractivity contribution is 6.31. The van der Waals surface area contributed by atoms with Gasteiger partial charge in [0.1, 0.15) is 22.8 Å². The van der Waals surface area contributed by atoms with E-state index in [2.05, 4.69) is 10.4 Å². The van der Waals surface area contributed by atoms with Gasteiger partial charge in [-0.25, -0.2) is 9.38 Å². The molecule has 1 N–H and O–H groups in total. The molecule has 10 heteroatoms. The van der Waals surface area contributed by atoms with E-state index in [0.29, 0.717) is 28.9 Å². The van der Waals surface area contributed by atoms with Crippen molar-refractivity contribution in [3.8, 4) is 5.75 Å². The number of nitrogens with one attached hydrogen (secondary N) is 1. The minimum atomic E-state index is -0.845. The molecule has 0 unspecified atom stereocenters. The van der Waals surface area contributed by atoms with Crippen LogP contribution in [0, 0.1) is 5.82 Å². The summed E-state index contributed by atoms with van der Waals surface area (Å²) < 4.78 is 21.0. The molecule has 3 aromatic carbocycles. The first-order valence-corrected chi connectivity index (χ1v) is 12.4. The van der Waals surface area contributed by atoms with Gasteiger partial charge in [-0.1, -0.05) is 54.1 Å². The van der Waals surface area contributed by atoms with Crippen molar-refractivity contribution < 1.29 is 18.7 Å². The summed E-state index contributed by atoms with van der Waals surface area (Å²) in [5.41, 5.74) is 3.32. The first-order chi connectivity index (χ1) is 18.8. The third-order valence-electron chi connectivity index (χ3n) is 6.23. The Morgan fingerprint density at radius 1 is 1.10 bits per heavy atom. The van der Waals surface area contributed by atoms with Crippen molar-refractivity contribution >= 4 is 46.2 Å². The molecule has 0 bridgehead atoms.